The van der Waals surface area contributed by atoms with E-state index in [1.165, 1.54) is 17.7 Å². The number of nitrogens with zero attached hydrogens (tertiary/aromatic N) is 1. The standard InChI is InChI=1S/C30H35FN2O5/c1-5-6-9-26(29(36)32-25(17-28(34)35)21-13-11-19(2)12-14-21)33-18-20(3)15-22(30(33)37)16-23-24(31)8-7-10-27(23)38-4/h7-8,10-15,18,25-26H,5-6,9,16-17H2,1-4H3,(H,32,36)(H,34,35)/t25-,26-/m0/s1. The molecule has 202 valence electrons. The third kappa shape index (κ3) is 7.09. The van der Waals surface area contributed by atoms with Crippen LogP contribution in [0.2, 0.25) is 0 Å². The summed E-state index contributed by atoms with van der Waals surface area (Å²) in [5.41, 5.74) is 2.62. The van der Waals surface area contributed by atoms with E-state index < -0.39 is 35.3 Å². The number of unbranched alkanes of at least 4 members (excludes halogenated alkanes) is 1. The Balaban J connectivity index is 2.00. The van der Waals surface area contributed by atoms with Crippen molar-refractivity contribution in [3.8, 4) is 5.75 Å². The first kappa shape index (κ1) is 28.6. The second-order valence-corrected chi connectivity index (χ2v) is 9.58. The van der Waals surface area contributed by atoms with E-state index in [0.717, 1.165) is 17.5 Å². The zero-order valence-electron chi connectivity index (χ0n) is 22.3. The highest BCUT2D eigenvalue weighted by molar-refractivity contribution is 5.81. The summed E-state index contributed by atoms with van der Waals surface area (Å²) in [7, 11) is 1.44. The summed E-state index contributed by atoms with van der Waals surface area (Å²) < 4.78 is 21.3. The number of amides is 1. The molecule has 1 amide bonds. The monoisotopic (exact) mass is 522 g/mol. The number of halogens is 1. The summed E-state index contributed by atoms with van der Waals surface area (Å²) in [5.74, 6) is -1.62. The van der Waals surface area contributed by atoms with Gasteiger partial charge in [0.25, 0.3) is 5.56 Å². The zero-order valence-corrected chi connectivity index (χ0v) is 22.3. The van der Waals surface area contributed by atoms with Gasteiger partial charge in [0, 0.05) is 23.7 Å². The maximum absolute atomic E-state index is 14.6. The maximum atomic E-state index is 14.6. The van der Waals surface area contributed by atoms with Gasteiger partial charge in [0.1, 0.15) is 17.6 Å². The third-order valence-corrected chi connectivity index (χ3v) is 6.56. The van der Waals surface area contributed by atoms with Gasteiger partial charge in [-0.3, -0.25) is 14.4 Å². The maximum Gasteiger partial charge on any atom is 0.305 e. The van der Waals surface area contributed by atoms with E-state index in [1.807, 2.05) is 32.9 Å². The van der Waals surface area contributed by atoms with Crippen LogP contribution in [0, 0.1) is 19.7 Å². The highest BCUT2D eigenvalue weighted by Gasteiger charge is 2.27. The highest BCUT2D eigenvalue weighted by atomic mass is 19.1. The Morgan fingerprint density at radius 1 is 1.11 bits per heavy atom. The van der Waals surface area contributed by atoms with E-state index >= 15 is 0 Å². The SMILES string of the molecule is CCCC[C@@H](C(=O)N[C@@H](CC(=O)O)c1ccc(C)cc1)n1cc(C)cc(Cc2c(F)cccc2OC)c1=O. The molecule has 0 aliphatic heterocycles. The van der Waals surface area contributed by atoms with Crippen LogP contribution in [-0.2, 0) is 16.0 Å². The molecule has 7 nitrogen and oxygen atoms in total. The Morgan fingerprint density at radius 3 is 2.45 bits per heavy atom. The normalized spacial score (nSPS) is 12.6. The fourth-order valence-corrected chi connectivity index (χ4v) is 4.56. The number of hydrogen-bond acceptors (Lipinski definition) is 4. The fourth-order valence-electron chi connectivity index (χ4n) is 4.56. The van der Waals surface area contributed by atoms with Crippen molar-refractivity contribution >= 4 is 11.9 Å². The first-order valence-corrected chi connectivity index (χ1v) is 12.8. The lowest BCUT2D eigenvalue weighted by Gasteiger charge is -2.25. The topological polar surface area (TPSA) is 97.6 Å². The number of carbonyl (C=O) groups is 2. The molecule has 2 atom stereocenters. The molecular weight excluding hydrogens is 487 g/mol. The summed E-state index contributed by atoms with van der Waals surface area (Å²) in [6.45, 7) is 5.73. The van der Waals surface area contributed by atoms with Gasteiger partial charge in [-0.05, 0) is 49.6 Å². The van der Waals surface area contributed by atoms with Crippen LogP contribution in [0.1, 0.15) is 72.5 Å². The van der Waals surface area contributed by atoms with Crippen molar-refractivity contribution in [2.45, 2.75) is 65.0 Å². The molecule has 1 heterocycles. The van der Waals surface area contributed by atoms with Gasteiger partial charge in [-0.25, -0.2) is 4.39 Å². The number of rotatable bonds is 12. The molecule has 0 fully saturated rings. The van der Waals surface area contributed by atoms with E-state index in [2.05, 4.69) is 5.32 Å². The number of hydrogen-bond donors (Lipinski definition) is 2. The van der Waals surface area contributed by atoms with Gasteiger partial charge in [-0.15, -0.1) is 0 Å². The Kier molecular flexibility index (Phi) is 9.82. The van der Waals surface area contributed by atoms with Gasteiger partial charge in [0.05, 0.1) is 19.6 Å². The Labute approximate surface area is 222 Å². The number of nitrogens with one attached hydrogen (secondary N) is 1. The van der Waals surface area contributed by atoms with Crippen LogP contribution in [0.25, 0.3) is 0 Å². The highest BCUT2D eigenvalue weighted by Crippen LogP contribution is 2.25. The molecule has 0 aliphatic rings. The molecule has 0 saturated carbocycles. The van der Waals surface area contributed by atoms with Crippen LogP contribution in [0.15, 0.2) is 59.5 Å². The van der Waals surface area contributed by atoms with Gasteiger partial charge in [0.15, 0.2) is 0 Å². The van der Waals surface area contributed by atoms with Crippen molar-refractivity contribution in [3.63, 3.8) is 0 Å². The van der Waals surface area contributed by atoms with Crippen molar-refractivity contribution in [2.75, 3.05) is 7.11 Å². The van der Waals surface area contributed by atoms with E-state index in [-0.39, 0.29) is 18.4 Å². The Bertz CT molecular complexity index is 1330. The van der Waals surface area contributed by atoms with Gasteiger partial charge < -0.3 is 19.7 Å². The van der Waals surface area contributed by atoms with Gasteiger partial charge in [-0.2, -0.15) is 0 Å². The molecular formula is C30H35FN2O5. The van der Waals surface area contributed by atoms with Crippen molar-refractivity contribution in [1.29, 1.82) is 0 Å². The minimum atomic E-state index is -1.05. The molecule has 38 heavy (non-hydrogen) atoms. The lowest BCUT2D eigenvalue weighted by molar-refractivity contribution is -0.138. The first-order chi connectivity index (χ1) is 18.1. The van der Waals surface area contributed by atoms with Crippen LogP contribution >= 0.6 is 0 Å². The van der Waals surface area contributed by atoms with Crippen molar-refractivity contribution in [2.24, 2.45) is 0 Å². The molecule has 3 aromatic rings. The predicted molar refractivity (Wildman–Crippen MR) is 144 cm³/mol. The van der Waals surface area contributed by atoms with Crippen molar-refractivity contribution in [1.82, 2.24) is 9.88 Å². The van der Waals surface area contributed by atoms with Crippen LogP contribution < -0.4 is 15.6 Å². The van der Waals surface area contributed by atoms with E-state index in [9.17, 15) is 23.9 Å². The van der Waals surface area contributed by atoms with E-state index in [4.69, 9.17) is 4.74 Å². The molecule has 3 rings (SSSR count). The average molecular weight is 523 g/mol. The van der Waals surface area contributed by atoms with E-state index in [1.54, 1.807) is 36.5 Å². The minimum absolute atomic E-state index is 0.00345. The number of carboxylic acid groups (broad SMARTS) is 1. The number of aryl methyl sites for hydroxylation is 2. The van der Waals surface area contributed by atoms with Crippen LogP contribution in [0.5, 0.6) is 5.75 Å². The quantitative estimate of drug-likeness (QED) is 0.338. The largest absolute Gasteiger partial charge is 0.496 e. The predicted octanol–water partition coefficient (Wildman–Crippen LogP) is 5.27. The molecule has 0 unspecified atom stereocenters. The molecule has 2 aromatic carbocycles. The molecule has 8 heteroatoms. The van der Waals surface area contributed by atoms with Gasteiger partial charge >= 0.3 is 5.97 Å². The number of pyridine rings is 1. The van der Waals surface area contributed by atoms with Gasteiger partial charge in [-0.1, -0.05) is 55.7 Å². The molecule has 0 aliphatic carbocycles. The second kappa shape index (κ2) is 13.0. The number of benzene rings is 2. The first-order valence-electron chi connectivity index (χ1n) is 12.8. The number of ether oxygens (including phenoxy) is 1. The summed E-state index contributed by atoms with van der Waals surface area (Å²) in [6, 6.07) is 11.9. The smallest absolute Gasteiger partial charge is 0.305 e. The number of carbonyl (C=O) groups excluding carboxylic acids is 1. The molecule has 0 spiro atoms. The van der Waals surface area contributed by atoms with Crippen LogP contribution in [0.3, 0.4) is 0 Å². The van der Waals surface area contributed by atoms with Crippen molar-refractivity contribution in [3.05, 3.63) is 98.7 Å². The van der Waals surface area contributed by atoms with Gasteiger partial charge in [0.2, 0.25) is 5.91 Å². The summed E-state index contributed by atoms with van der Waals surface area (Å²) in [4.78, 5) is 38.9. The number of aliphatic carboxylic acids is 1. The van der Waals surface area contributed by atoms with Crippen LogP contribution in [0.4, 0.5) is 4.39 Å². The molecule has 0 bridgehead atoms. The lowest BCUT2D eigenvalue weighted by atomic mass is 10.00. The third-order valence-electron chi connectivity index (χ3n) is 6.56. The summed E-state index contributed by atoms with van der Waals surface area (Å²) >= 11 is 0. The molecule has 1 aromatic heterocycles. The Morgan fingerprint density at radius 2 is 1.82 bits per heavy atom. The Hall–Kier alpha value is -3.94. The second-order valence-electron chi connectivity index (χ2n) is 9.58. The number of methoxy groups -OCH3 is 1. The molecule has 2 N–H and O–H groups in total. The zero-order chi connectivity index (χ0) is 27.8. The van der Waals surface area contributed by atoms with Crippen LogP contribution in [-0.4, -0.2) is 28.7 Å². The summed E-state index contributed by atoms with van der Waals surface area (Å²) in [5, 5.41) is 12.4. The molecule has 0 saturated heterocycles. The average Bonchev–Trinajstić information content (AvgIpc) is 2.87. The van der Waals surface area contributed by atoms with E-state index in [0.29, 0.717) is 29.7 Å². The lowest BCUT2D eigenvalue weighted by Crippen LogP contribution is -2.40. The minimum Gasteiger partial charge on any atom is -0.496 e. The number of aromatic nitrogens is 1. The summed E-state index contributed by atoms with van der Waals surface area (Å²) in [6.07, 6.45) is 3.22. The van der Waals surface area contributed by atoms with Crippen molar-refractivity contribution < 1.29 is 23.8 Å². The fraction of sp³-hybridized carbons (Fsp3) is 0.367. The molecule has 0 radical (unpaired) electrons. The number of carboxylic acids is 1.